The highest BCUT2D eigenvalue weighted by Gasteiger charge is 2.11. The van der Waals surface area contributed by atoms with Gasteiger partial charge in [0.2, 0.25) is 0 Å². The van der Waals surface area contributed by atoms with Crippen molar-refractivity contribution in [2.75, 3.05) is 0 Å². The molecule has 1 unspecified atom stereocenters. The lowest BCUT2D eigenvalue weighted by Gasteiger charge is -2.12. The number of non-ortho nitro benzene ring substituents is 1. The normalized spacial score (nSPS) is 19.1. The van der Waals surface area contributed by atoms with Crippen LogP contribution in [0.4, 0.5) is 5.69 Å². The molecule has 0 bridgehead atoms. The molecule has 1 aliphatic heterocycles. The molecule has 0 radical (unpaired) electrons. The van der Waals surface area contributed by atoms with Gasteiger partial charge in [-0.05, 0) is 18.1 Å². The zero-order valence-electron chi connectivity index (χ0n) is 8.04. The Labute approximate surface area is 87.1 Å². The van der Waals surface area contributed by atoms with Gasteiger partial charge in [-0.25, -0.2) is 0 Å². The highest BCUT2D eigenvalue weighted by molar-refractivity contribution is 5.72. The standard InChI is InChI=1S/C11H10N2O2/c14-13(15)10-6-4-9(5-7-10)11-3-1-2-8-12-11/h1-2,4-8,11H,3H2. The molecular weight excluding hydrogens is 192 g/mol. The van der Waals surface area contributed by atoms with Gasteiger partial charge in [-0.1, -0.05) is 18.2 Å². The lowest BCUT2D eigenvalue weighted by molar-refractivity contribution is -0.384. The molecule has 0 fully saturated rings. The molecule has 0 saturated heterocycles. The number of nitrogens with zero attached hydrogens (tertiary/aromatic N) is 2. The Morgan fingerprint density at radius 3 is 2.60 bits per heavy atom. The Bertz CT molecular complexity index is 421. The van der Waals surface area contributed by atoms with E-state index < -0.39 is 4.92 Å². The molecule has 0 aliphatic carbocycles. The van der Waals surface area contributed by atoms with E-state index in [-0.39, 0.29) is 11.7 Å². The summed E-state index contributed by atoms with van der Waals surface area (Å²) in [6, 6.07) is 6.67. The minimum Gasteiger partial charge on any atom is -0.285 e. The van der Waals surface area contributed by atoms with Crippen LogP contribution in [-0.4, -0.2) is 11.1 Å². The number of aliphatic imine (C=N–C) groups is 1. The molecule has 1 aromatic rings. The zero-order chi connectivity index (χ0) is 10.7. The van der Waals surface area contributed by atoms with E-state index in [1.807, 2.05) is 12.2 Å². The third kappa shape index (κ3) is 2.10. The Balaban J connectivity index is 2.20. The molecule has 0 N–H and O–H groups in total. The molecule has 1 aromatic carbocycles. The summed E-state index contributed by atoms with van der Waals surface area (Å²) < 4.78 is 0. The summed E-state index contributed by atoms with van der Waals surface area (Å²) in [5, 5.41) is 10.5. The maximum Gasteiger partial charge on any atom is 0.269 e. The minimum atomic E-state index is -0.395. The lowest BCUT2D eigenvalue weighted by atomic mass is 10.0. The van der Waals surface area contributed by atoms with Crippen LogP contribution in [0.2, 0.25) is 0 Å². The molecule has 1 heterocycles. The van der Waals surface area contributed by atoms with Crippen molar-refractivity contribution in [2.45, 2.75) is 12.5 Å². The quantitative estimate of drug-likeness (QED) is 0.546. The van der Waals surface area contributed by atoms with E-state index in [1.165, 1.54) is 12.1 Å². The maximum atomic E-state index is 10.5. The van der Waals surface area contributed by atoms with Gasteiger partial charge in [0.05, 0.1) is 11.0 Å². The van der Waals surface area contributed by atoms with E-state index >= 15 is 0 Å². The Morgan fingerprint density at radius 2 is 2.07 bits per heavy atom. The highest BCUT2D eigenvalue weighted by Crippen LogP contribution is 2.25. The Hall–Kier alpha value is -1.97. The van der Waals surface area contributed by atoms with Crippen LogP contribution in [0, 0.1) is 10.1 Å². The number of benzene rings is 1. The van der Waals surface area contributed by atoms with Gasteiger partial charge in [-0.15, -0.1) is 0 Å². The van der Waals surface area contributed by atoms with Gasteiger partial charge in [0.15, 0.2) is 0 Å². The second-order valence-electron chi connectivity index (χ2n) is 3.33. The van der Waals surface area contributed by atoms with E-state index in [0.29, 0.717) is 0 Å². The second-order valence-corrected chi connectivity index (χ2v) is 3.33. The monoisotopic (exact) mass is 202 g/mol. The molecule has 2 rings (SSSR count). The maximum absolute atomic E-state index is 10.5. The molecule has 0 amide bonds. The van der Waals surface area contributed by atoms with Crippen LogP contribution in [0.15, 0.2) is 41.4 Å². The molecular formula is C11H10N2O2. The lowest BCUT2D eigenvalue weighted by Crippen LogP contribution is -1.98. The van der Waals surface area contributed by atoms with Gasteiger partial charge in [-0.3, -0.25) is 15.1 Å². The first-order valence-electron chi connectivity index (χ1n) is 4.70. The molecule has 4 nitrogen and oxygen atoms in total. The zero-order valence-corrected chi connectivity index (χ0v) is 8.04. The number of nitro groups is 1. The molecule has 4 heteroatoms. The number of allylic oxidation sites excluding steroid dienone is 1. The number of hydrogen-bond donors (Lipinski definition) is 0. The summed E-state index contributed by atoms with van der Waals surface area (Å²) in [6.45, 7) is 0. The van der Waals surface area contributed by atoms with Gasteiger partial charge < -0.3 is 0 Å². The average Bonchev–Trinajstić information content (AvgIpc) is 2.30. The fraction of sp³-hybridized carbons (Fsp3) is 0.182. The van der Waals surface area contributed by atoms with E-state index in [4.69, 9.17) is 0 Å². The van der Waals surface area contributed by atoms with Crippen LogP contribution in [0.3, 0.4) is 0 Å². The Kier molecular flexibility index (Phi) is 2.58. The van der Waals surface area contributed by atoms with E-state index in [2.05, 4.69) is 4.99 Å². The van der Waals surface area contributed by atoms with Crippen molar-refractivity contribution in [2.24, 2.45) is 4.99 Å². The summed E-state index contributed by atoms with van der Waals surface area (Å²) in [6.07, 6.45) is 6.56. The smallest absolute Gasteiger partial charge is 0.269 e. The summed E-state index contributed by atoms with van der Waals surface area (Å²) in [4.78, 5) is 14.4. The number of hydrogen-bond acceptors (Lipinski definition) is 3. The molecule has 1 atom stereocenters. The predicted octanol–water partition coefficient (Wildman–Crippen LogP) is 2.67. The van der Waals surface area contributed by atoms with Crippen molar-refractivity contribution in [3.05, 3.63) is 52.1 Å². The second kappa shape index (κ2) is 4.04. The molecule has 15 heavy (non-hydrogen) atoms. The highest BCUT2D eigenvalue weighted by atomic mass is 16.6. The summed E-state index contributed by atoms with van der Waals surface area (Å²) in [5.41, 5.74) is 1.13. The van der Waals surface area contributed by atoms with Crippen LogP contribution in [0.1, 0.15) is 18.0 Å². The summed E-state index contributed by atoms with van der Waals surface area (Å²) in [5.74, 6) is 0. The summed E-state index contributed by atoms with van der Waals surface area (Å²) >= 11 is 0. The molecule has 0 saturated carbocycles. The first kappa shape index (κ1) is 9.58. The third-order valence-corrected chi connectivity index (χ3v) is 2.34. The SMILES string of the molecule is O=[N+]([O-])c1ccc(C2CC=CC=N2)cc1. The first-order valence-corrected chi connectivity index (χ1v) is 4.70. The topological polar surface area (TPSA) is 55.5 Å². The van der Waals surface area contributed by atoms with Gasteiger partial charge in [0.1, 0.15) is 0 Å². The van der Waals surface area contributed by atoms with Crippen molar-refractivity contribution < 1.29 is 4.92 Å². The first-order chi connectivity index (χ1) is 7.27. The van der Waals surface area contributed by atoms with Gasteiger partial charge in [0, 0.05) is 18.3 Å². The van der Waals surface area contributed by atoms with Crippen LogP contribution >= 0.6 is 0 Å². The van der Waals surface area contributed by atoms with E-state index in [9.17, 15) is 10.1 Å². The fourth-order valence-corrected chi connectivity index (χ4v) is 1.52. The van der Waals surface area contributed by atoms with Crippen molar-refractivity contribution in [3.63, 3.8) is 0 Å². The van der Waals surface area contributed by atoms with Crippen LogP contribution < -0.4 is 0 Å². The van der Waals surface area contributed by atoms with Gasteiger partial charge in [0.25, 0.3) is 5.69 Å². The molecule has 0 aromatic heterocycles. The van der Waals surface area contributed by atoms with E-state index in [1.54, 1.807) is 18.3 Å². The van der Waals surface area contributed by atoms with Crippen molar-refractivity contribution in [1.29, 1.82) is 0 Å². The predicted molar refractivity (Wildman–Crippen MR) is 58.1 cm³/mol. The van der Waals surface area contributed by atoms with Crippen LogP contribution in [-0.2, 0) is 0 Å². The molecule has 1 aliphatic rings. The number of rotatable bonds is 2. The van der Waals surface area contributed by atoms with Crippen molar-refractivity contribution in [3.8, 4) is 0 Å². The van der Waals surface area contributed by atoms with Crippen molar-refractivity contribution in [1.82, 2.24) is 0 Å². The average molecular weight is 202 g/mol. The van der Waals surface area contributed by atoms with Crippen molar-refractivity contribution >= 4 is 11.9 Å². The third-order valence-electron chi connectivity index (χ3n) is 2.34. The van der Waals surface area contributed by atoms with Gasteiger partial charge in [-0.2, -0.15) is 0 Å². The number of dihydropyridines is 1. The molecule has 0 spiro atoms. The Morgan fingerprint density at radius 1 is 1.33 bits per heavy atom. The summed E-state index contributed by atoms with van der Waals surface area (Å²) in [7, 11) is 0. The largest absolute Gasteiger partial charge is 0.285 e. The van der Waals surface area contributed by atoms with Crippen LogP contribution in [0.25, 0.3) is 0 Å². The number of nitro benzene ring substituents is 1. The minimum absolute atomic E-state index is 0.107. The van der Waals surface area contributed by atoms with E-state index in [0.717, 1.165) is 12.0 Å². The molecule has 76 valence electrons. The van der Waals surface area contributed by atoms with Gasteiger partial charge >= 0.3 is 0 Å². The fourth-order valence-electron chi connectivity index (χ4n) is 1.52. The van der Waals surface area contributed by atoms with Crippen LogP contribution in [0.5, 0.6) is 0 Å².